The minimum Gasteiger partial charge on any atom is -0.277 e. The summed E-state index contributed by atoms with van der Waals surface area (Å²) in [5.41, 5.74) is 3.73. The van der Waals surface area contributed by atoms with E-state index in [4.69, 9.17) is 0 Å². The molecule has 23 heavy (non-hydrogen) atoms. The Morgan fingerprint density at radius 2 is 1.96 bits per heavy atom. The fourth-order valence-corrected chi connectivity index (χ4v) is 3.74. The van der Waals surface area contributed by atoms with Crippen molar-refractivity contribution in [2.75, 3.05) is 0 Å². The molecule has 1 heterocycles. The maximum Gasteiger partial charge on any atom is 0.283 e. The SMILES string of the molecule is O=CNN(C=O)[N+]1(C2CCCCC2c2ccccc2)C=CC=N1. The summed E-state index contributed by atoms with van der Waals surface area (Å²) >= 11 is 0. The van der Waals surface area contributed by atoms with Gasteiger partial charge in [-0.3, -0.25) is 9.59 Å². The van der Waals surface area contributed by atoms with E-state index < -0.39 is 0 Å². The maximum atomic E-state index is 11.6. The average Bonchev–Trinajstić information content (AvgIpc) is 3.11. The zero-order valence-corrected chi connectivity index (χ0v) is 12.9. The summed E-state index contributed by atoms with van der Waals surface area (Å²) in [6, 6.07) is 10.4. The predicted molar refractivity (Wildman–Crippen MR) is 86.4 cm³/mol. The van der Waals surface area contributed by atoms with Gasteiger partial charge in [-0.25, -0.2) is 5.43 Å². The van der Waals surface area contributed by atoms with Gasteiger partial charge in [0.15, 0.2) is 12.2 Å². The first kappa shape index (κ1) is 15.4. The number of quaternary nitrogens is 1. The maximum absolute atomic E-state index is 11.6. The molecule has 120 valence electrons. The molecule has 1 fully saturated rings. The van der Waals surface area contributed by atoms with Crippen molar-refractivity contribution in [2.45, 2.75) is 37.6 Å². The Labute approximate surface area is 135 Å². The van der Waals surface area contributed by atoms with Crippen molar-refractivity contribution in [3.8, 4) is 0 Å². The van der Waals surface area contributed by atoms with Crippen molar-refractivity contribution in [1.29, 1.82) is 0 Å². The zero-order valence-electron chi connectivity index (χ0n) is 12.9. The van der Waals surface area contributed by atoms with Crippen molar-refractivity contribution < 1.29 is 14.3 Å². The van der Waals surface area contributed by atoms with Crippen LogP contribution in [-0.2, 0) is 9.59 Å². The van der Waals surface area contributed by atoms with Gasteiger partial charge in [-0.1, -0.05) is 47.0 Å². The van der Waals surface area contributed by atoms with E-state index in [2.05, 4.69) is 22.7 Å². The number of hydrogen-bond donors (Lipinski definition) is 1. The van der Waals surface area contributed by atoms with E-state index in [-0.39, 0.29) is 16.7 Å². The molecule has 1 aromatic carbocycles. The second-order valence-electron chi connectivity index (χ2n) is 5.87. The Hall–Kier alpha value is -2.47. The number of nitrogens with zero attached hydrogens (tertiary/aromatic N) is 3. The highest BCUT2D eigenvalue weighted by molar-refractivity contribution is 5.71. The number of hydrazine groups is 1. The van der Waals surface area contributed by atoms with Crippen LogP contribution in [0.25, 0.3) is 0 Å². The standard InChI is InChI=1S/C17H20N4O2/c22-13-18-20(14-23)21(12-6-11-19-21)17-10-5-4-9-16(17)15-7-2-1-3-8-15/h1-3,6-8,11-14,16-17H,4-5,9-10H2/p+1. The number of benzene rings is 1. The smallest absolute Gasteiger partial charge is 0.277 e. The first-order chi connectivity index (χ1) is 11.3. The topological polar surface area (TPSA) is 61.8 Å². The molecule has 0 aromatic heterocycles. The van der Waals surface area contributed by atoms with Crippen molar-refractivity contribution >= 4 is 19.0 Å². The fraction of sp³-hybridized carbons (Fsp3) is 0.353. The Balaban J connectivity index is 2.00. The van der Waals surface area contributed by atoms with Crippen LogP contribution >= 0.6 is 0 Å². The number of hydrogen-bond acceptors (Lipinski definition) is 3. The van der Waals surface area contributed by atoms with Gasteiger partial charge in [-0.15, -0.1) is 0 Å². The third kappa shape index (κ3) is 2.77. The quantitative estimate of drug-likeness (QED) is 0.496. The van der Waals surface area contributed by atoms with Gasteiger partial charge in [-0.2, -0.15) is 0 Å². The number of allylic oxidation sites excluding steroid dienone is 1. The molecular weight excluding hydrogens is 292 g/mol. The summed E-state index contributed by atoms with van der Waals surface area (Å²) in [5, 5.41) is 5.77. The second kappa shape index (κ2) is 6.75. The molecule has 6 nitrogen and oxygen atoms in total. The summed E-state index contributed by atoms with van der Waals surface area (Å²) < 4.78 is -0.0260. The molecule has 0 radical (unpaired) electrons. The van der Waals surface area contributed by atoms with E-state index in [1.807, 2.05) is 30.5 Å². The Morgan fingerprint density at radius 3 is 2.61 bits per heavy atom. The van der Waals surface area contributed by atoms with Gasteiger partial charge in [0.05, 0.1) is 6.21 Å². The highest BCUT2D eigenvalue weighted by Gasteiger charge is 2.49. The van der Waals surface area contributed by atoms with Crippen LogP contribution in [0.3, 0.4) is 0 Å². The molecule has 3 atom stereocenters. The molecule has 3 rings (SSSR count). The molecule has 6 heteroatoms. The van der Waals surface area contributed by atoms with E-state index in [0.29, 0.717) is 12.8 Å². The van der Waals surface area contributed by atoms with Crippen molar-refractivity contribution in [1.82, 2.24) is 10.5 Å². The number of nitrogens with one attached hydrogen (secondary N) is 1. The lowest BCUT2D eigenvalue weighted by atomic mass is 9.79. The average molecular weight is 313 g/mol. The Kier molecular flexibility index (Phi) is 4.52. The summed E-state index contributed by atoms with van der Waals surface area (Å²) in [6.07, 6.45) is 10.7. The number of rotatable bonds is 6. The minimum atomic E-state index is -0.0260. The van der Waals surface area contributed by atoms with Gasteiger partial charge in [0, 0.05) is 18.4 Å². The van der Waals surface area contributed by atoms with Gasteiger partial charge in [0.25, 0.3) is 6.41 Å². The monoisotopic (exact) mass is 313 g/mol. The summed E-state index contributed by atoms with van der Waals surface area (Å²) in [4.78, 5) is 22.5. The van der Waals surface area contributed by atoms with Gasteiger partial charge < -0.3 is 0 Å². The third-order valence-corrected chi connectivity index (χ3v) is 4.72. The summed E-state index contributed by atoms with van der Waals surface area (Å²) in [6.45, 7) is 0. The van der Waals surface area contributed by atoms with Crippen LogP contribution in [-0.4, -0.2) is 34.9 Å². The summed E-state index contributed by atoms with van der Waals surface area (Å²) in [7, 11) is 0. The molecule has 1 N–H and O–H groups in total. The predicted octanol–water partition coefficient (Wildman–Crippen LogP) is 2.08. The zero-order chi connectivity index (χ0) is 16.1. The molecule has 0 saturated heterocycles. The van der Waals surface area contributed by atoms with Crippen LogP contribution in [0.5, 0.6) is 0 Å². The highest BCUT2D eigenvalue weighted by Crippen LogP contribution is 2.41. The van der Waals surface area contributed by atoms with Gasteiger partial charge in [0.1, 0.15) is 0 Å². The molecule has 1 aliphatic carbocycles. The largest absolute Gasteiger partial charge is 0.283 e. The lowest BCUT2D eigenvalue weighted by Crippen LogP contribution is -2.63. The number of carbonyl (C=O) groups excluding carboxylic acids is 2. The van der Waals surface area contributed by atoms with Crippen LogP contribution in [0.2, 0.25) is 0 Å². The molecule has 3 unspecified atom stereocenters. The van der Waals surface area contributed by atoms with Crippen LogP contribution in [0, 0.1) is 0 Å². The molecule has 0 spiro atoms. The molecular formula is C17H21N4O2+. The first-order valence-corrected chi connectivity index (χ1v) is 7.93. The lowest BCUT2D eigenvalue weighted by Gasteiger charge is -2.43. The minimum absolute atomic E-state index is 0.0260. The van der Waals surface area contributed by atoms with Crippen molar-refractivity contribution in [3.05, 3.63) is 48.2 Å². The third-order valence-electron chi connectivity index (χ3n) is 4.72. The number of carbonyl (C=O) groups is 2. The Bertz CT molecular complexity index is 602. The molecule has 2 aliphatic rings. The molecule has 1 aliphatic heterocycles. The van der Waals surface area contributed by atoms with E-state index in [9.17, 15) is 9.59 Å². The second-order valence-corrected chi connectivity index (χ2v) is 5.87. The van der Waals surface area contributed by atoms with Crippen LogP contribution in [0.1, 0.15) is 37.2 Å². The van der Waals surface area contributed by atoms with Gasteiger partial charge >= 0.3 is 0 Å². The first-order valence-electron chi connectivity index (χ1n) is 7.93. The van der Waals surface area contributed by atoms with E-state index >= 15 is 0 Å². The molecule has 1 aromatic rings. The van der Waals surface area contributed by atoms with E-state index in [1.54, 1.807) is 6.21 Å². The highest BCUT2D eigenvalue weighted by atomic mass is 16.2. The van der Waals surface area contributed by atoms with Crippen LogP contribution in [0.15, 0.2) is 47.7 Å². The van der Waals surface area contributed by atoms with E-state index in [1.165, 1.54) is 10.7 Å². The summed E-state index contributed by atoms with van der Waals surface area (Å²) in [5.74, 6) is 0.278. The fourth-order valence-electron chi connectivity index (χ4n) is 3.74. The number of amides is 2. The Morgan fingerprint density at radius 1 is 1.17 bits per heavy atom. The van der Waals surface area contributed by atoms with Crippen LogP contribution < -0.4 is 5.43 Å². The lowest BCUT2D eigenvalue weighted by molar-refractivity contribution is -1.01. The van der Waals surface area contributed by atoms with Crippen molar-refractivity contribution in [2.24, 2.45) is 5.10 Å². The normalized spacial score (nSPS) is 29.2. The molecule has 0 bridgehead atoms. The van der Waals surface area contributed by atoms with Crippen molar-refractivity contribution in [3.63, 3.8) is 0 Å². The van der Waals surface area contributed by atoms with E-state index in [0.717, 1.165) is 25.7 Å². The molecule has 1 saturated carbocycles. The molecule has 2 amide bonds. The van der Waals surface area contributed by atoms with Gasteiger partial charge in [0.2, 0.25) is 6.41 Å². The van der Waals surface area contributed by atoms with Gasteiger partial charge in [-0.05, 0) is 23.1 Å². The van der Waals surface area contributed by atoms with Crippen LogP contribution in [0.4, 0.5) is 0 Å².